The van der Waals surface area contributed by atoms with Crippen LogP contribution in [0.1, 0.15) is 28.5 Å². The first-order chi connectivity index (χ1) is 9.61. The Hall–Kier alpha value is -2.19. The number of nitriles is 1. The molecule has 0 aliphatic carbocycles. The van der Waals surface area contributed by atoms with Gasteiger partial charge in [0, 0.05) is 16.2 Å². The van der Waals surface area contributed by atoms with Crippen LogP contribution in [0.5, 0.6) is 5.75 Å². The molecule has 0 aliphatic heterocycles. The lowest BCUT2D eigenvalue weighted by Gasteiger charge is -2.10. The Kier molecular flexibility index (Phi) is 4.49. The van der Waals surface area contributed by atoms with Crippen molar-refractivity contribution in [3.8, 4) is 11.8 Å². The molecule has 0 fully saturated rings. The van der Waals surface area contributed by atoms with Gasteiger partial charge in [-0.2, -0.15) is 5.26 Å². The van der Waals surface area contributed by atoms with E-state index in [0.717, 1.165) is 4.47 Å². The lowest BCUT2D eigenvalue weighted by atomic mass is 10.1. The lowest BCUT2D eigenvalue weighted by molar-refractivity contribution is 0.101. The Balaban J connectivity index is 2.24. The zero-order valence-electron chi connectivity index (χ0n) is 10.8. The first kappa shape index (κ1) is 14.2. The number of hydrogen-bond acceptors (Lipinski definition) is 4. The Morgan fingerprint density at radius 3 is 2.95 bits per heavy atom. The molecule has 1 heterocycles. The molecule has 100 valence electrons. The van der Waals surface area contributed by atoms with E-state index in [1.165, 1.54) is 6.92 Å². The second-order valence-corrected chi connectivity index (χ2v) is 5.02. The zero-order chi connectivity index (χ0) is 14.5. The highest BCUT2D eigenvalue weighted by molar-refractivity contribution is 9.10. The van der Waals surface area contributed by atoms with E-state index in [1.54, 1.807) is 36.5 Å². The third-order valence-electron chi connectivity index (χ3n) is 2.70. The van der Waals surface area contributed by atoms with E-state index in [4.69, 9.17) is 10.00 Å². The van der Waals surface area contributed by atoms with Gasteiger partial charge in [0.1, 0.15) is 24.1 Å². The maximum Gasteiger partial charge on any atom is 0.163 e. The van der Waals surface area contributed by atoms with Gasteiger partial charge in [0.05, 0.1) is 5.56 Å². The molecule has 20 heavy (non-hydrogen) atoms. The first-order valence-electron chi connectivity index (χ1n) is 5.89. The van der Waals surface area contributed by atoms with Crippen LogP contribution in [-0.2, 0) is 6.61 Å². The van der Waals surface area contributed by atoms with Crippen LogP contribution in [0.25, 0.3) is 0 Å². The molecule has 2 aromatic rings. The molecule has 0 N–H and O–H groups in total. The van der Waals surface area contributed by atoms with Crippen molar-refractivity contribution >= 4 is 21.7 Å². The quantitative estimate of drug-likeness (QED) is 0.805. The van der Waals surface area contributed by atoms with E-state index in [2.05, 4.69) is 20.9 Å². The molecule has 0 saturated heterocycles. The van der Waals surface area contributed by atoms with Crippen molar-refractivity contribution in [2.24, 2.45) is 0 Å². The summed E-state index contributed by atoms with van der Waals surface area (Å²) >= 11 is 3.32. The third-order valence-corrected chi connectivity index (χ3v) is 3.19. The molecule has 0 radical (unpaired) electrons. The van der Waals surface area contributed by atoms with Gasteiger partial charge in [0.15, 0.2) is 5.78 Å². The van der Waals surface area contributed by atoms with E-state index >= 15 is 0 Å². The average Bonchev–Trinajstić information content (AvgIpc) is 2.46. The summed E-state index contributed by atoms with van der Waals surface area (Å²) in [6, 6.07) is 10.8. The molecule has 4 nitrogen and oxygen atoms in total. The number of ketones is 1. The first-order valence-corrected chi connectivity index (χ1v) is 6.68. The number of hydrogen-bond donors (Lipinski definition) is 0. The minimum absolute atomic E-state index is 0.0759. The summed E-state index contributed by atoms with van der Waals surface area (Å²) < 4.78 is 6.46. The summed E-state index contributed by atoms with van der Waals surface area (Å²) in [5.74, 6) is 0.418. The van der Waals surface area contributed by atoms with Crippen LogP contribution in [0.2, 0.25) is 0 Å². The molecule has 0 atom stereocenters. The van der Waals surface area contributed by atoms with E-state index in [0.29, 0.717) is 22.6 Å². The summed E-state index contributed by atoms with van der Waals surface area (Å²) in [4.78, 5) is 15.6. The molecule has 0 aliphatic rings. The molecular formula is C15H11BrN2O2. The van der Waals surface area contributed by atoms with Gasteiger partial charge in [0.2, 0.25) is 0 Å². The number of Topliss-reactive ketones (excluding diaryl/α,β-unsaturated/α-hetero) is 1. The number of benzene rings is 1. The fourth-order valence-electron chi connectivity index (χ4n) is 1.71. The van der Waals surface area contributed by atoms with Gasteiger partial charge in [-0.1, -0.05) is 22.0 Å². The van der Waals surface area contributed by atoms with Crippen LogP contribution in [0.15, 0.2) is 41.0 Å². The van der Waals surface area contributed by atoms with Gasteiger partial charge in [-0.3, -0.25) is 4.79 Å². The van der Waals surface area contributed by atoms with Crippen molar-refractivity contribution in [1.29, 1.82) is 5.26 Å². The number of aromatic nitrogens is 1. The Morgan fingerprint density at radius 1 is 1.45 bits per heavy atom. The summed E-state index contributed by atoms with van der Waals surface area (Å²) in [7, 11) is 0. The number of nitrogens with zero attached hydrogens (tertiary/aromatic N) is 2. The summed E-state index contributed by atoms with van der Waals surface area (Å²) in [6.45, 7) is 1.68. The smallest absolute Gasteiger partial charge is 0.163 e. The molecule has 1 aromatic carbocycles. The minimum atomic E-state index is -0.0759. The second kappa shape index (κ2) is 6.31. The molecule has 2 rings (SSSR count). The summed E-state index contributed by atoms with van der Waals surface area (Å²) in [6.07, 6.45) is 1.56. The Labute approximate surface area is 125 Å². The van der Waals surface area contributed by atoms with Crippen LogP contribution in [0, 0.1) is 11.3 Å². The monoisotopic (exact) mass is 330 g/mol. The maximum absolute atomic E-state index is 11.6. The molecule has 0 saturated carbocycles. The van der Waals surface area contributed by atoms with Crippen LogP contribution < -0.4 is 4.74 Å². The highest BCUT2D eigenvalue weighted by Crippen LogP contribution is 2.24. The third kappa shape index (κ3) is 3.22. The van der Waals surface area contributed by atoms with Crippen molar-refractivity contribution in [3.05, 3.63) is 57.8 Å². The molecule has 0 amide bonds. The fourth-order valence-corrected chi connectivity index (χ4v) is 2.08. The number of pyridine rings is 1. The molecule has 0 unspecified atom stereocenters. The fraction of sp³-hybridized carbons (Fsp3) is 0.133. The molecule has 0 spiro atoms. The van der Waals surface area contributed by atoms with Crippen LogP contribution in [0.4, 0.5) is 0 Å². The predicted molar refractivity (Wildman–Crippen MR) is 77.4 cm³/mol. The zero-order valence-corrected chi connectivity index (χ0v) is 12.3. The van der Waals surface area contributed by atoms with Crippen LogP contribution >= 0.6 is 15.9 Å². The van der Waals surface area contributed by atoms with Gasteiger partial charge in [0.25, 0.3) is 0 Å². The van der Waals surface area contributed by atoms with Crippen molar-refractivity contribution in [3.63, 3.8) is 0 Å². The normalized spacial score (nSPS) is 9.85. The average molecular weight is 331 g/mol. The van der Waals surface area contributed by atoms with Crippen LogP contribution in [-0.4, -0.2) is 10.8 Å². The predicted octanol–water partition coefficient (Wildman–Crippen LogP) is 3.50. The number of carbonyl (C=O) groups excluding carboxylic acids is 1. The summed E-state index contributed by atoms with van der Waals surface area (Å²) in [5.41, 5.74) is 1.52. The number of ether oxygens (including phenoxy) is 1. The molecule has 0 bridgehead atoms. The number of rotatable bonds is 4. The van der Waals surface area contributed by atoms with Crippen molar-refractivity contribution in [1.82, 2.24) is 4.98 Å². The van der Waals surface area contributed by atoms with E-state index in [9.17, 15) is 4.79 Å². The van der Waals surface area contributed by atoms with Gasteiger partial charge < -0.3 is 4.74 Å². The van der Waals surface area contributed by atoms with E-state index in [-0.39, 0.29) is 12.4 Å². The van der Waals surface area contributed by atoms with Gasteiger partial charge >= 0.3 is 0 Å². The van der Waals surface area contributed by atoms with Gasteiger partial charge in [-0.15, -0.1) is 0 Å². The second-order valence-electron chi connectivity index (χ2n) is 4.11. The topological polar surface area (TPSA) is 63.0 Å². The maximum atomic E-state index is 11.6. The standard InChI is InChI=1S/C15H11BrN2O2/c1-10(19)13-7-12(16)4-5-15(13)20-9-11-3-2-6-18-14(11)8-17/h2-7H,9H2,1H3. The molecule has 1 aromatic heterocycles. The van der Waals surface area contributed by atoms with Gasteiger partial charge in [-0.05, 0) is 31.2 Å². The Bertz CT molecular complexity index is 693. The highest BCUT2D eigenvalue weighted by atomic mass is 79.9. The van der Waals surface area contributed by atoms with Gasteiger partial charge in [-0.25, -0.2) is 4.98 Å². The van der Waals surface area contributed by atoms with Crippen LogP contribution in [0.3, 0.4) is 0 Å². The van der Waals surface area contributed by atoms with Crippen molar-refractivity contribution in [2.75, 3.05) is 0 Å². The van der Waals surface area contributed by atoms with Crippen molar-refractivity contribution in [2.45, 2.75) is 13.5 Å². The lowest BCUT2D eigenvalue weighted by Crippen LogP contribution is -2.03. The molecule has 5 heteroatoms. The number of carbonyl (C=O) groups is 1. The van der Waals surface area contributed by atoms with E-state index in [1.807, 2.05) is 6.07 Å². The largest absolute Gasteiger partial charge is 0.488 e. The minimum Gasteiger partial charge on any atom is -0.488 e. The highest BCUT2D eigenvalue weighted by Gasteiger charge is 2.10. The Morgan fingerprint density at radius 2 is 2.25 bits per heavy atom. The number of halogens is 1. The summed E-state index contributed by atoms with van der Waals surface area (Å²) in [5, 5.41) is 8.97. The molecular weight excluding hydrogens is 320 g/mol. The van der Waals surface area contributed by atoms with E-state index < -0.39 is 0 Å². The van der Waals surface area contributed by atoms with Crippen molar-refractivity contribution < 1.29 is 9.53 Å². The SMILES string of the molecule is CC(=O)c1cc(Br)ccc1OCc1cccnc1C#N.